The summed E-state index contributed by atoms with van der Waals surface area (Å²) in [6.07, 6.45) is 1.57. The quantitative estimate of drug-likeness (QED) is 0.729. The number of amides is 2. The molecule has 26 heavy (non-hydrogen) atoms. The molecule has 7 heteroatoms. The summed E-state index contributed by atoms with van der Waals surface area (Å²) in [5.74, 6) is -0.219. The topological polar surface area (TPSA) is 76.0 Å². The maximum atomic E-state index is 12.6. The highest BCUT2D eigenvalue weighted by molar-refractivity contribution is 6.30. The molecule has 0 spiro atoms. The molecule has 2 rings (SSSR count). The van der Waals surface area contributed by atoms with Gasteiger partial charge in [0.15, 0.2) is 0 Å². The average Bonchev–Trinajstić information content (AvgIpc) is 3.03. The first-order chi connectivity index (χ1) is 12.3. The highest BCUT2D eigenvalue weighted by atomic mass is 35.5. The maximum absolute atomic E-state index is 12.6. The first-order valence-electron chi connectivity index (χ1n) is 8.71. The van der Waals surface area contributed by atoms with Crippen molar-refractivity contribution in [1.82, 2.24) is 20.4 Å². The highest BCUT2D eigenvalue weighted by Crippen LogP contribution is 2.24. The van der Waals surface area contributed by atoms with E-state index in [0.29, 0.717) is 23.7 Å². The minimum Gasteiger partial charge on any atom is -0.354 e. The Labute approximate surface area is 158 Å². The number of carbonyl (C=O) groups excluding carboxylic acids is 2. The predicted molar refractivity (Wildman–Crippen MR) is 103 cm³/mol. The third-order valence-electron chi connectivity index (χ3n) is 3.88. The van der Waals surface area contributed by atoms with E-state index in [-0.39, 0.29) is 23.7 Å². The summed E-state index contributed by atoms with van der Waals surface area (Å²) in [4.78, 5) is 24.1. The zero-order chi connectivity index (χ0) is 19.3. The van der Waals surface area contributed by atoms with Crippen LogP contribution in [0.1, 0.15) is 49.7 Å². The summed E-state index contributed by atoms with van der Waals surface area (Å²) in [5, 5.41) is 10.6. The van der Waals surface area contributed by atoms with Crippen LogP contribution in [-0.2, 0) is 4.79 Å². The molecule has 0 aliphatic heterocycles. The van der Waals surface area contributed by atoms with Gasteiger partial charge in [0.1, 0.15) is 0 Å². The summed E-state index contributed by atoms with van der Waals surface area (Å²) in [6, 6.07) is 7.35. The predicted octanol–water partition coefficient (Wildman–Crippen LogP) is 3.15. The second-order valence-electron chi connectivity index (χ2n) is 6.69. The van der Waals surface area contributed by atoms with E-state index in [0.717, 1.165) is 11.4 Å². The van der Waals surface area contributed by atoms with Crippen LogP contribution in [0.2, 0.25) is 5.02 Å². The summed E-state index contributed by atoms with van der Waals surface area (Å²) in [7, 11) is 0. The number of halogens is 1. The Morgan fingerprint density at radius 1 is 1.15 bits per heavy atom. The van der Waals surface area contributed by atoms with Gasteiger partial charge in [-0.3, -0.25) is 9.59 Å². The van der Waals surface area contributed by atoms with E-state index in [2.05, 4.69) is 15.7 Å². The third kappa shape index (κ3) is 4.85. The lowest BCUT2D eigenvalue weighted by Gasteiger charge is -2.13. The van der Waals surface area contributed by atoms with Crippen LogP contribution in [0, 0.1) is 5.92 Å². The number of nitrogens with one attached hydrogen (secondary N) is 2. The van der Waals surface area contributed by atoms with E-state index >= 15 is 0 Å². The molecule has 0 bridgehead atoms. The molecule has 1 heterocycles. The van der Waals surface area contributed by atoms with Crippen LogP contribution in [-0.4, -0.2) is 34.7 Å². The van der Waals surface area contributed by atoms with E-state index < -0.39 is 0 Å². The fraction of sp³-hybridized carbons (Fsp3) is 0.421. The molecule has 6 nitrogen and oxygen atoms in total. The van der Waals surface area contributed by atoms with E-state index in [9.17, 15) is 9.59 Å². The van der Waals surface area contributed by atoms with E-state index in [1.54, 1.807) is 16.9 Å². The van der Waals surface area contributed by atoms with E-state index in [4.69, 9.17) is 11.6 Å². The number of rotatable bonds is 7. The molecule has 0 saturated carbocycles. The van der Waals surface area contributed by atoms with Crippen molar-refractivity contribution in [3.8, 4) is 5.69 Å². The lowest BCUT2D eigenvalue weighted by molar-refractivity contribution is -0.123. The van der Waals surface area contributed by atoms with Gasteiger partial charge in [0.25, 0.3) is 5.91 Å². The van der Waals surface area contributed by atoms with Crippen LogP contribution >= 0.6 is 11.6 Å². The summed E-state index contributed by atoms with van der Waals surface area (Å²) in [6.45, 7) is 8.43. The Kier molecular flexibility index (Phi) is 6.80. The molecule has 2 aromatic rings. The first kappa shape index (κ1) is 20.0. The Morgan fingerprint density at radius 2 is 1.85 bits per heavy atom. The van der Waals surface area contributed by atoms with E-state index in [1.807, 2.05) is 45.9 Å². The Balaban J connectivity index is 2.12. The van der Waals surface area contributed by atoms with Crippen molar-refractivity contribution < 1.29 is 9.59 Å². The molecule has 0 unspecified atom stereocenters. The van der Waals surface area contributed by atoms with Crippen molar-refractivity contribution in [2.75, 3.05) is 13.1 Å². The van der Waals surface area contributed by atoms with Crippen LogP contribution in [0.25, 0.3) is 5.69 Å². The van der Waals surface area contributed by atoms with Gasteiger partial charge in [-0.2, -0.15) is 5.10 Å². The standard InChI is InChI=1S/C19H25ClN4O2/c1-12(2)17-16(19(26)22-9-8-21-18(25)13(3)4)11-23-24(17)15-7-5-6-14(20)10-15/h5-7,10-13H,8-9H2,1-4H3,(H,21,25)(H,22,26). The molecule has 1 aromatic heterocycles. The molecule has 1 aromatic carbocycles. The molecule has 140 valence electrons. The first-order valence-corrected chi connectivity index (χ1v) is 9.08. The van der Waals surface area contributed by atoms with Crippen LogP contribution in [0.3, 0.4) is 0 Å². The molecule has 0 aliphatic rings. The fourth-order valence-electron chi connectivity index (χ4n) is 2.56. The largest absolute Gasteiger partial charge is 0.354 e. The highest BCUT2D eigenvalue weighted by Gasteiger charge is 2.20. The SMILES string of the molecule is CC(C)C(=O)NCCNC(=O)c1cnn(-c2cccc(Cl)c2)c1C(C)C. The maximum Gasteiger partial charge on any atom is 0.254 e. The zero-order valence-corrected chi connectivity index (χ0v) is 16.3. The van der Waals surface area contributed by atoms with Gasteiger partial charge >= 0.3 is 0 Å². The Morgan fingerprint density at radius 3 is 2.46 bits per heavy atom. The lowest BCUT2D eigenvalue weighted by atomic mass is 10.1. The molecular weight excluding hydrogens is 352 g/mol. The van der Waals surface area contributed by atoms with Crippen LogP contribution in [0.5, 0.6) is 0 Å². The van der Waals surface area contributed by atoms with Gasteiger partial charge < -0.3 is 10.6 Å². The number of carbonyl (C=O) groups is 2. The summed E-state index contributed by atoms with van der Waals surface area (Å²) < 4.78 is 1.74. The number of benzene rings is 1. The monoisotopic (exact) mass is 376 g/mol. The molecule has 0 atom stereocenters. The number of nitrogens with zero attached hydrogens (tertiary/aromatic N) is 2. The van der Waals surface area contributed by atoms with Gasteiger partial charge in [-0.15, -0.1) is 0 Å². The lowest BCUT2D eigenvalue weighted by Crippen LogP contribution is -2.36. The Bertz CT molecular complexity index is 784. The number of aromatic nitrogens is 2. The van der Waals surface area contributed by atoms with Crippen molar-refractivity contribution in [3.05, 3.63) is 46.7 Å². The van der Waals surface area contributed by atoms with Crippen LogP contribution < -0.4 is 10.6 Å². The average molecular weight is 377 g/mol. The van der Waals surface area contributed by atoms with Crippen LogP contribution in [0.4, 0.5) is 0 Å². The molecule has 2 amide bonds. The van der Waals surface area contributed by atoms with Gasteiger partial charge in [-0.1, -0.05) is 45.4 Å². The number of hydrogen-bond donors (Lipinski definition) is 2. The molecule has 0 fully saturated rings. The Hall–Kier alpha value is -2.34. The van der Waals surface area contributed by atoms with Crippen molar-refractivity contribution >= 4 is 23.4 Å². The van der Waals surface area contributed by atoms with Gasteiger partial charge in [0.05, 0.1) is 23.1 Å². The van der Waals surface area contributed by atoms with Crippen molar-refractivity contribution in [3.63, 3.8) is 0 Å². The van der Waals surface area contributed by atoms with Crippen molar-refractivity contribution in [2.45, 2.75) is 33.6 Å². The van der Waals surface area contributed by atoms with Crippen LogP contribution in [0.15, 0.2) is 30.5 Å². The summed E-state index contributed by atoms with van der Waals surface area (Å²) >= 11 is 6.07. The van der Waals surface area contributed by atoms with Crippen molar-refractivity contribution in [1.29, 1.82) is 0 Å². The normalized spacial score (nSPS) is 11.0. The van der Waals surface area contributed by atoms with Crippen molar-refractivity contribution in [2.24, 2.45) is 5.92 Å². The minimum atomic E-state index is -0.208. The second-order valence-corrected chi connectivity index (χ2v) is 7.13. The second kappa shape index (κ2) is 8.85. The molecule has 0 radical (unpaired) electrons. The summed E-state index contributed by atoms with van der Waals surface area (Å²) in [5.41, 5.74) is 2.15. The molecule has 0 saturated heterocycles. The van der Waals surface area contributed by atoms with Gasteiger partial charge in [-0.05, 0) is 24.1 Å². The molecule has 0 aliphatic carbocycles. The van der Waals surface area contributed by atoms with E-state index in [1.165, 1.54) is 0 Å². The van der Waals surface area contributed by atoms with Gasteiger partial charge in [0.2, 0.25) is 5.91 Å². The van der Waals surface area contributed by atoms with Gasteiger partial charge in [-0.25, -0.2) is 4.68 Å². The number of hydrogen-bond acceptors (Lipinski definition) is 3. The minimum absolute atomic E-state index is 0.0316. The fourth-order valence-corrected chi connectivity index (χ4v) is 2.75. The van der Waals surface area contributed by atoms with Gasteiger partial charge in [0, 0.05) is 24.0 Å². The molecule has 2 N–H and O–H groups in total. The molecular formula is C19H25ClN4O2. The smallest absolute Gasteiger partial charge is 0.254 e. The zero-order valence-electron chi connectivity index (χ0n) is 15.5. The third-order valence-corrected chi connectivity index (χ3v) is 4.12.